The second-order valence-corrected chi connectivity index (χ2v) is 6.24. The van der Waals surface area contributed by atoms with Gasteiger partial charge >= 0.3 is 0 Å². The van der Waals surface area contributed by atoms with Crippen LogP contribution in [0.3, 0.4) is 0 Å². The van der Waals surface area contributed by atoms with E-state index in [0.29, 0.717) is 23.4 Å². The summed E-state index contributed by atoms with van der Waals surface area (Å²) in [6.45, 7) is 3.48. The van der Waals surface area contributed by atoms with E-state index >= 15 is 0 Å². The maximum Gasteiger partial charge on any atom is 0.230 e. The standard InChI is InChI=1S/C17H19N7O.H2O.H2/c1-11-7-12(8-18)9-19-15(11)21-17-20-10-14-16(22-17)24(23(14)2)13-3-5-25-6-4-13;;/h7,9-10,13H,3-6H2,1-2H3,(H,19,20,21,22);1H2;1H. The van der Waals surface area contributed by atoms with Crippen LogP contribution in [0.1, 0.15) is 31.4 Å². The number of aromatic nitrogens is 5. The van der Waals surface area contributed by atoms with Crippen LogP contribution >= 0.6 is 0 Å². The second-order valence-electron chi connectivity index (χ2n) is 6.24. The lowest BCUT2D eigenvalue weighted by atomic mass is 10.1. The van der Waals surface area contributed by atoms with Crippen molar-refractivity contribution in [3.8, 4) is 6.07 Å². The monoisotopic (exact) mass is 357 g/mol. The minimum atomic E-state index is 0. The van der Waals surface area contributed by atoms with Crippen LogP contribution in [0.2, 0.25) is 0 Å². The van der Waals surface area contributed by atoms with Crippen molar-refractivity contribution in [2.75, 3.05) is 18.5 Å². The first-order valence-electron chi connectivity index (χ1n) is 8.29. The number of hydrogen-bond donors (Lipinski definition) is 1. The average Bonchev–Trinajstić information content (AvgIpc) is 2.64. The van der Waals surface area contributed by atoms with E-state index in [0.717, 1.165) is 42.8 Å². The number of aryl methyl sites for hydroxylation is 2. The summed E-state index contributed by atoms with van der Waals surface area (Å²) in [5.74, 6) is 1.16. The molecule has 0 atom stereocenters. The van der Waals surface area contributed by atoms with Gasteiger partial charge in [0.2, 0.25) is 5.95 Å². The van der Waals surface area contributed by atoms with Gasteiger partial charge in [0.25, 0.3) is 0 Å². The normalized spacial score (nSPS) is 14.8. The molecule has 26 heavy (non-hydrogen) atoms. The smallest absolute Gasteiger partial charge is 0.230 e. The Kier molecular flexibility index (Phi) is 4.88. The molecule has 4 rings (SSSR count). The Morgan fingerprint density at radius 2 is 2.08 bits per heavy atom. The number of hydrogen-bond acceptors (Lipinski definition) is 6. The van der Waals surface area contributed by atoms with Crippen molar-refractivity contribution in [2.45, 2.75) is 25.8 Å². The highest BCUT2D eigenvalue weighted by atomic mass is 16.5. The molecule has 0 aliphatic carbocycles. The number of anilines is 2. The molecule has 3 N–H and O–H groups in total. The van der Waals surface area contributed by atoms with Crippen LogP contribution < -0.4 is 5.32 Å². The third-order valence-corrected chi connectivity index (χ3v) is 4.61. The summed E-state index contributed by atoms with van der Waals surface area (Å²) in [6, 6.07) is 4.28. The molecule has 3 aromatic rings. The topological polar surface area (TPSA) is 125 Å². The predicted octanol–water partition coefficient (Wildman–Crippen LogP) is 1.86. The van der Waals surface area contributed by atoms with Crippen LogP contribution in [0.4, 0.5) is 11.8 Å². The number of fused-ring (bicyclic) bond motifs is 1. The van der Waals surface area contributed by atoms with E-state index in [2.05, 4.69) is 35.7 Å². The third-order valence-electron chi connectivity index (χ3n) is 4.61. The summed E-state index contributed by atoms with van der Waals surface area (Å²) >= 11 is 0. The van der Waals surface area contributed by atoms with Crippen molar-refractivity contribution in [1.82, 2.24) is 24.3 Å². The first-order valence-corrected chi connectivity index (χ1v) is 8.29. The number of pyridine rings is 1. The van der Waals surface area contributed by atoms with Gasteiger partial charge in [-0.05, 0) is 31.4 Å². The average molecular weight is 357 g/mol. The highest BCUT2D eigenvalue weighted by Crippen LogP contribution is 2.28. The number of nitrogens with zero attached hydrogens (tertiary/aromatic N) is 6. The Morgan fingerprint density at radius 3 is 2.77 bits per heavy atom. The maximum atomic E-state index is 8.94. The summed E-state index contributed by atoms with van der Waals surface area (Å²) in [6.07, 6.45) is 5.34. The van der Waals surface area contributed by atoms with Crippen molar-refractivity contribution >= 4 is 22.9 Å². The highest BCUT2D eigenvalue weighted by molar-refractivity contribution is 5.74. The zero-order valence-corrected chi connectivity index (χ0v) is 14.7. The van der Waals surface area contributed by atoms with E-state index < -0.39 is 0 Å². The van der Waals surface area contributed by atoms with Crippen molar-refractivity contribution in [3.05, 3.63) is 29.6 Å². The summed E-state index contributed by atoms with van der Waals surface area (Å²) in [5.41, 5.74) is 3.36. The molecule has 0 unspecified atom stereocenters. The van der Waals surface area contributed by atoms with E-state index in [4.69, 9.17) is 10.00 Å². The molecule has 4 heterocycles. The van der Waals surface area contributed by atoms with Crippen molar-refractivity contribution < 1.29 is 11.6 Å². The molecule has 1 aliphatic rings. The minimum Gasteiger partial charge on any atom is -0.412 e. The third kappa shape index (κ3) is 3.00. The SMILES string of the molecule is Cc1cc(C#N)cnc1Nc1ncc2c(n1)n(C1CCOCC1)n2C.O.[HH]. The summed E-state index contributed by atoms with van der Waals surface area (Å²) in [5, 5.41) is 12.1. The van der Waals surface area contributed by atoms with E-state index in [1.807, 2.05) is 20.2 Å². The molecule has 0 aromatic carbocycles. The fourth-order valence-electron chi connectivity index (χ4n) is 3.26. The second kappa shape index (κ2) is 7.11. The highest BCUT2D eigenvalue weighted by Gasteiger charge is 2.23. The molecular weight excluding hydrogens is 334 g/mol. The fraction of sp³-hybridized carbons (Fsp3) is 0.412. The molecule has 1 saturated heterocycles. The molecule has 0 saturated carbocycles. The summed E-state index contributed by atoms with van der Waals surface area (Å²) in [4.78, 5) is 13.3. The number of rotatable bonds is 3. The fourth-order valence-corrected chi connectivity index (χ4v) is 3.26. The van der Waals surface area contributed by atoms with E-state index in [9.17, 15) is 0 Å². The minimum absolute atomic E-state index is 0. The number of nitrogens with one attached hydrogen (secondary N) is 1. The number of ether oxygens (including phenoxy) is 1. The van der Waals surface area contributed by atoms with Gasteiger partial charge in [-0.3, -0.25) is 9.36 Å². The molecule has 9 nitrogen and oxygen atoms in total. The number of nitriles is 1. The zero-order valence-electron chi connectivity index (χ0n) is 14.7. The van der Waals surface area contributed by atoms with Crippen LogP contribution in [0, 0.1) is 18.3 Å². The quantitative estimate of drug-likeness (QED) is 0.762. The lowest BCUT2D eigenvalue weighted by molar-refractivity contribution is 0.0631. The van der Waals surface area contributed by atoms with Gasteiger partial charge in [-0.15, -0.1) is 0 Å². The van der Waals surface area contributed by atoms with Gasteiger partial charge in [0, 0.05) is 27.9 Å². The van der Waals surface area contributed by atoms with Crippen molar-refractivity contribution in [3.63, 3.8) is 0 Å². The Bertz CT molecular complexity index is 970. The van der Waals surface area contributed by atoms with Gasteiger partial charge < -0.3 is 15.5 Å². The van der Waals surface area contributed by atoms with Crippen LogP contribution in [-0.4, -0.2) is 43.0 Å². The maximum absolute atomic E-state index is 8.94. The van der Waals surface area contributed by atoms with Gasteiger partial charge in [-0.25, -0.2) is 9.97 Å². The lowest BCUT2D eigenvalue weighted by Gasteiger charge is -2.32. The lowest BCUT2D eigenvalue weighted by Crippen LogP contribution is -2.30. The Labute approximate surface area is 152 Å². The molecule has 0 bridgehead atoms. The zero-order chi connectivity index (χ0) is 17.4. The molecule has 0 amide bonds. The van der Waals surface area contributed by atoms with Crippen molar-refractivity contribution in [2.24, 2.45) is 7.05 Å². The van der Waals surface area contributed by atoms with Crippen LogP contribution in [0.25, 0.3) is 11.2 Å². The van der Waals surface area contributed by atoms with Gasteiger partial charge in [-0.1, -0.05) is 0 Å². The first kappa shape index (κ1) is 17.8. The molecule has 1 aliphatic heterocycles. The van der Waals surface area contributed by atoms with Gasteiger partial charge in [0.15, 0.2) is 5.65 Å². The van der Waals surface area contributed by atoms with Crippen LogP contribution in [0.15, 0.2) is 18.5 Å². The van der Waals surface area contributed by atoms with Gasteiger partial charge in [0.05, 0.1) is 17.8 Å². The largest absolute Gasteiger partial charge is 0.412 e. The Hall–Kier alpha value is -2.96. The summed E-state index contributed by atoms with van der Waals surface area (Å²) < 4.78 is 9.76. The van der Waals surface area contributed by atoms with Gasteiger partial charge in [0.1, 0.15) is 17.4 Å². The van der Waals surface area contributed by atoms with Crippen LogP contribution in [-0.2, 0) is 11.8 Å². The predicted molar refractivity (Wildman–Crippen MR) is 98.3 cm³/mol. The molecule has 138 valence electrons. The van der Waals surface area contributed by atoms with Crippen LogP contribution in [0.5, 0.6) is 0 Å². The summed E-state index contributed by atoms with van der Waals surface area (Å²) in [7, 11) is 2.03. The molecule has 3 aromatic heterocycles. The molecule has 9 heteroatoms. The Morgan fingerprint density at radius 1 is 1.31 bits per heavy atom. The molecular formula is C17H23N7O2. The molecule has 1 fully saturated rings. The van der Waals surface area contributed by atoms with E-state index in [-0.39, 0.29) is 6.90 Å². The van der Waals surface area contributed by atoms with E-state index in [1.54, 1.807) is 12.3 Å². The first-order chi connectivity index (χ1) is 12.2. The van der Waals surface area contributed by atoms with E-state index in [1.165, 1.54) is 0 Å². The molecule has 0 radical (unpaired) electrons. The van der Waals surface area contributed by atoms with Crippen molar-refractivity contribution in [1.29, 1.82) is 5.26 Å². The molecule has 0 spiro atoms. The Balaban J connectivity index is 0.00000131. The van der Waals surface area contributed by atoms with Gasteiger partial charge in [-0.2, -0.15) is 10.2 Å².